The van der Waals surface area contributed by atoms with E-state index in [1.165, 1.54) is 6.07 Å². The van der Waals surface area contributed by atoms with E-state index in [2.05, 4.69) is 15.5 Å². The quantitative estimate of drug-likeness (QED) is 0.756. The maximum absolute atomic E-state index is 11.3. The molecule has 0 fully saturated rings. The number of fused-ring (bicyclic) bond motifs is 1. The summed E-state index contributed by atoms with van der Waals surface area (Å²) in [4.78, 5) is 15.7. The van der Waals surface area contributed by atoms with Gasteiger partial charge in [0, 0.05) is 11.5 Å². The summed E-state index contributed by atoms with van der Waals surface area (Å²) in [5, 5.41) is 16.5. The first-order valence-electron chi connectivity index (χ1n) is 6.00. The lowest BCUT2D eigenvalue weighted by atomic mass is 10.1. The van der Waals surface area contributed by atoms with E-state index in [-0.39, 0.29) is 5.56 Å². The number of anilines is 1. The summed E-state index contributed by atoms with van der Waals surface area (Å²) in [7, 11) is 0. The van der Waals surface area contributed by atoms with Gasteiger partial charge in [0.1, 0.15) is 5.82 Å². The summed E-state index contributed by atoms with van der Waals surface area (Å²) in [5.41, 5.74) is 0.850. The number of hydrogen-bond acceptors (Lipinski definition) is 5. The van der Waals surface area contributed by atoms with Crippen LogP contribution >= 0.6 is 0 Å². The number of nitrogens with zero attached hydrogens (tertiary/aromatic N) is 2. The number of aromatic nitrogens is 2. The first-order chi connectivity index (χ1) is 9.74. The van der Waals surface area contributed by atoms with E-state index in [0.29, 0.717) is 29.0 Å². The molecule has 0 radical (unpaired) electrons. The minimum absolute atomic E-state index is 0.218. The number of pyridine rings is 1. The molecule has 6 heteroatoms. The van der Waals surface area contributed by atoms with Crippen LogP contribution in [0, 0.1) is 0 Å². The van der Waals surface area contributed by atoms with Gasteiger partial charge in [0.2, 0.25) is 0 Å². The fraction of sp³-hybridized carbons (Fsp3) is 0.0714. The molecule has 0 aliphatic rings. The Hall–Kier alpha value is -2.89. The first kappa shape index (κ1) is 12.2. The van der Waals surface area contributed by atoms with E-state index in [9.17, 15) is 9.90 Å². The Labute approximate surface area is 114 Å². The largest absolute Gasteiger partial charge is 0.478 e. The van der Waals surface area contributed by atoms with Crippen LogP contribution in [0.4, 0.5) is 5.82 Å². The van der Waals surface area contributed by atoms with Crippen LogP contribution < -0.4 is 5.32 Å². The predicted molar refractivity (Wildman–Crippen MR) is 72.5 cm³/mol. The lowest BCUT2D eigenvalue weighted by Gasteiger charge is -2.07. The molecule has 0 aliphatic heterocycles. The standard InChI is InChI=1S/C14H11N3O3/c18-14(19)11-7-13(15-8-9-5-6-16-20-9)17-12-4-2-1-3-10(11)12/h1-7H,8H2,(H,15,17)(H,18,19). The molecule has 0 amide bonds. The minimum atomic E-state index is -0.980. The zero-order valence-electron chi connectivity index (χ0n) is 10.4. The van der Waals surface area contributed by atoms with Gasteiger partial charge < -0.3 is 14.9 Å². The topological polar surface area (TPSA) is 88.2 Å². The summed E-state index contributed by atoms with van der Waals surface area (Å²) >= 11 is 0. The molecule has 3 rings (SSSR count). The molecule has 100 valence electrons. The molecule has 3 aromatic rings. The molecule has 0 atom stereocenters. The number of rotatable bonds is 4. The zero-order valence-corrected chi connectivity index (χ0v) is 10.4. The number of carboxylic acids is 1. The second-order valence-corrected chi connectivity index (χ2v) is 4.21. The van der Waals surface area contributed by atoms with Crippen LogP contribution in [0.15, 0.2) is 47.1 Å². The SMILES string of the molecule is O=C(O)c1cc(NCc2ccno2)nc2ccccc12. The summed E-state index contributed by atoms with van der Waals surface area (Å²) < 4.78 is 4.96. The lowest BCUT2D eigenvalue weighted by molar-refractivity contribution is 0.0699. The highest BCUT2D eigenvalue weighted by molar-refractivity contribution is 6.03. The number of aromatic carboxylic acids is 1. The smallest absolute Gasteiger partial charge is 0.336 e. The Kier molecular flexibility index (Phi) is 3.04. The fourth-order valence-electron chi connectivity index (χ4n) is 1.95. The molecule has 0 saturated carbocycles. The van der Waals surface area contributed by atoms with Crippen molar-refractivity contribution >= 4 is 22.7 Å². The highest BCUT2D eigenvalue weighted by Gasteiger charge is 2.11. The average molecular weight is 269 g/mol. The van der Waals surface area contributed by atoms with Crippen molar-refractivity contribution in [3.8, 4) is 0 Å². The van der Waals surface area contributed by atoms with Crippen molar-refractivity contribution in [3.63, 3.8) is 0 Å². The highest BCUT2D eigenvalue weighted by Crippen LogP contribution is 2.21. The number of nitrogens with one attached hydrogen (secondary N) is 1. The third kappa shape index (κ3) is 2.31. The van der Waals surface area contributed by atoms with E-state index >= 15 is 0 Å². The zero-order chi connectivity index (χ0) is 13.9. The molecular formula is C14H11N3O3. The predicted octanol–water partition coefficient (Wildman–Crippen LogP) is 2.53. The van der Waals surface area contributed by atoms with Crippen molar-refractivity contribution < 1.29 is 14.4 Å². The molecule has 0 bridgehead atoms. The van der Waals surface area contributed by atoms with Crippen LogP contribution in [-0.2, 0) is 6.54 Å². The van der Waals surface area contributed by atoms with Crippen molar-refractivity contribution in [2.45, 2.75) is 6.54 Å². The van der Waals surface area contributed by atoms with Crippen molar-refractivity contribution in [1.82, 2.24) is 10.1 Å². The minimum Gasteiger partial charge on any atom is -0.478 e. The van der Waals surface area contributed by atoms with Gasteiger partial charge in [0.05, 0.1) is 23.8 Å². The fourth-order valence-corrected chi connectivity index (χ4v) is 1.95. The number of hydrogen-bond donors (Lipinski definition) is 2. The molecule has 2 N–H and O–H groups in total. The van der Waals surface area contributed by atoms with Gasteiger partial charge in [-0.1, -0.05) is 23.4 Å². The average Bonchev–Trinajstić information content (AvgIpc) is 2.97. The molecule has 6 nitrogen and oxygen atoms in total. The molecule has 0 unspecified atom stereocenters. The number of carbonyl (C=O) groups is 1. The molecule has 2 heterocycles. The Morgan fingerprint density at radius 3 is 2.90 bits per heavy atom. The summed E-state index contributed by atoms with van der Waals surface area (Å²) in [6.07, 6.45) is 1.55. The molecule has 2 aromatic heterocycles. The van der Waals surface area contributed by atoms with Crippen molar-refractivity contribution in [1.29, 1.82) is 0 Å². The van der Waals surface area contributed by atoms with Crippen LogP contribution in [0.5, 0.6) is 0 Å². The van der Waals surface area contributed by atoms with Gasteiger partial charge in [-0.05, 0) is 12.1 Å². The molecular weight excluding hydrogens is 258 g/mol. The Bertz CT molecular complexity index is 753. The van der Waals surface area contributed by atoms with Crippen LogP contribution in [0.3, 0.4) is 0 Å². The van der Waals surface area contributed by atoms with E-state index in [0.717, 1.165) is 0 Å². The van der Waals surface area contributed by atoms with Gasteiger partial charge in [-0.2, -0.15) is 0 Å². The van der Waals surface area contributed by atoms with Gasteiger partial charge in [0.25, 0.3) is 0 Å². The van der Waals surface area contributed by atoms with E-state index < -0.39 is 5.97 Å². The third-order valence-corrected chi connectivity index (χ3v) is 2.88. The Morgan fingerprint density at radius 2 is 2.15 bits per heavy atom. The van der Waals surface area contributed by atoms with Gasteiger partial charge in [0.15, 0.2) is 5.76 Å². The molecule has 0 aliphatic carbocycles. The van der Waals surface area contributed by atoms with Crippen molar-refractivity contribution in [2.24, 2.45) is 0 Å². The Balaban J connectivity index is 1.97. The normalized spacial score (nSPS) is 10.6. The molecule has 0 saturated heterocycles. The summed E-state index contributed by atoms with van der Waals surface area (Å²) in [6, 6.07) is 10.4. The van der Waals surface area contributed by atoms with E-state index in [1.807, 2.05) is 6.07 Å². The number of carboxylic acid groups (broad SMARTS) is 1. The van der Waals surface area contributed by atoms with Gasteiger partial charge in [-0.3, -0.25) is 0 Å². The van der Waals surface area contributed by atoms with Crippen LogP contribution in [0.25, 0.3) is 10.9 Å². The second kappa shape index (κ2) is 5.00. The third-order valence-electron chi connectivity index (χ3n) is 2.88. The van der Waals surface area contributed by atoms with Crippen molar-refractivity contribution in [2.75, 3.05) is 5.32 Å². The van der Waals surface area contributed by atoms with Crippen molar-refractivity contribution in [3.05, 3.63) is 53.9 Å². The second-order valence-electron chi connectivity index (χ2n) is 4.21. The summed E-state index contributed by atoms with van der Waals surface area (Å²) in [6.45, 7) is 0.393. The molecule has 1 aromatic carbocycles. The lowest BCUT2D eigenvalue weighted by Crippen LogP contribution is -2.05. The summed E-state index contributed by atoms with van der Waals surface area (Å²) in [5.74, 6) is 0.153. The maximum atomic E-state index is 11.3. The maximum Gasteiger partial charge on any atom is 0.336 e. The van der Waals surface area contributed by atoms with E-state index in [1.54, 1.807) is 30.5 Å². The number of benzene rings is 1. The first-order valence-corrected chi connectivity index (χ1v) is 6.00. The Morgan fingerprint density at radius 1 is 1.30 bits per heavy atom. The highest BCUT2D eigenvalue weighted by atomic mass is 16.5. The van der Waals surface area contributed by atoms with Crippen LogP contribution in [-0.4, -0.2) is 21.2 Å². The molecule has 0 spiro atoms. The monoisotopic (exact) mass is 269 g/mol. The van der Waals surface area contributed by atoms with E-state index in [4.69, 9.17) is 4.52 Å². The number of para-hydroxylation sites is 1. The van der Waals surface area contributed by atoms with Crippen LogP contribution in [0.2, 0.25) is 0 Å². The van der Waals surface area contributed by atoms with Gasteiger partial charge >= 0.3 is 5.97 Å². The van der Waals surface area contributed by atoms with Crippen LogP contribution in [0.1, 0.15) is 16.1 Å². The van der Waals surface area contributed by atoms with Gasteiger partial charge in [-0.25, -0.2) is 9.78 Å². The molecule has 20 heavy (non-hydrogen) atoms. The van der Waals surface area contributed by atoms with Gasteiger partial charge in [-0.15, -0.1) is 0 Å².